The van der Waals surface area contributed by atoms with Crippen molar-refractivity contribution in [1.82, 2.24) is 9.13 Å². The third kappa shape index (κ3) is 5.09. The van der Waals surface area contributed by atoms with Crippen molar-refractivity contribution in [2.45, 2.75) is 12.3 Å². The Bertz CT molecular complexity index is 4390. The van der Waals surface area contributed by atoms with E-state index in [0.717, 1.165) is 6.42 Å². The third-order valence-corrected chi connectivity index (χ3v) is 17.8. The molecule has 304 valence electrons. The van der Waals surface area contributed by atoms with Crippen LogP contribution in [-0.2, 0) is 0 Å². The van der Waals surface area contributed by atoms with Crippen LogP contribution in [0.1, 0.15) is 17.9 Å². The summed E-state index contributed by atoms with van der Waals surface area (Å²) < 4.78 is 13.1. The molecule has 5 aromatic heterocycles. The van der Waals surface area contributed by atoms with E-state index >= 15 is 0 Å². The van der Waals surface area contributed by atoms with Crippen molar-refractivity contribution in [2.75, 3.05) is 0 Å². The van der Waals surface area contributed by atoms with Crippen molar-refractivity contribution in [1.29, 1.82) is 0 Å². The summed E-state index contributed by atoms with van der Waals surface area (Å²) in [6, 6.07) is 67.9. The number of nitrogens with zero attached hydrogens (tertiary/aromatic N) is 2. The van der Waals surface area contributed by atoms with Gasteiger partial charge >= 0.3 is 0 Å². The van der Waals surface area contributed by atoms with E-state index in [0.29, 0.717) is 5.92 Å². The van der Waals surface area contributed by atoms with Gasteiger partial charge in [-0.1, -0.05) is 146 Å². The minimum absolute atomic E-state index is 0.336. The normalized spacial score (nSPS) is 14.6. The summed E-state index contributed by atoms with van der Waals surface area (Å²) in [5.74, 6) is 0.336. The number of benzene rings is 9. The average molecular weight is 881 g/mol. The average Bonchev–Trinajstić information content (AvgIpc) is 4.18. The molecule has 5 heterocycles. The molecule has 1 aliphatic rings. The van der Waals surface area contributed by atoms with Crippen LogP contribution in [0.3, 0.4) is 0 Å². The van der Waals surface area contributed by atoms with E-state index in [4.69, 9.17) is 0 Å². The zero-order valence-corrected chi connectivity index (χ0v) is 37.4. The van der Waals surface area contributed by atoms with Crippen LogP contribution >= 0.6 is 34.0 Å². The fraction of sp³-hybridized carbons (Fsp3) is 0.0333. The van der Waals surface area contributed by atoms with Gasteiger partial charge in [-0.15, -0.1) is 34.0 Å². The molecule has 0 aliphatic heterocycles. The van der Waals surface area contributed by atoms with Crippen LogP contribution in [0.4, 0.5) is 0 Å². The first-order chi connectivity index (χ1) is 32.2. The number of rotatable bonds is 4. The van der Waals surface area contributed by atoms with Crippen LogP contribution in [0.25, 0.3) is 127 Å². The molecule has 0 spiro atoms. The maximum absolute atomic E-state index is 2.51. The fourth-order valence-electron chi connectivity index (χ4n) is 11.2. The van der Waals surface area contributed by atoms with Gasteiger partial charge in [-0.3, -0.25) is 0 Å². The van der Waals surface area contributed by atoms with Crippen molar-refractivity contribution < 1.29 is 0 Å². The molecule has 0 saturated carbocycles. The number of hydrogen-bond acceptors (Lipinski definition) is 3. The highest BCUT2D eigenvalue weighted by atomic mass is 32.1. The second kappa shape index (κ2) is 13.6. The van der Waals surface area contributed by atoms with Gasteiger partial charge in [0.1, 0.15) is 0 Å². The first-order valence-electron chi connectivity index (χ1n) is 22.4. The molecule has 2 nitrogen and oxygen atoms in total. The Balaban J connectivity index is 0.864. The summed E-state index contributed by atoms with van der Waals surface area (Å²) in [6.07, 6.45) is 8.24. The summed E-state index contributed by atoms with van der Waals surface area (Å²) >= 11 is 5.78. The van der Waals surface area contributed by atoms with Crippen LogP contribution in [0.2, 0.25) is 0 Å². The molecule has 1 atom stereocenters. The highest BCUT2D eigenvalue weighted by Crippen LogP contribution is 2.49. The van der Waals surface area contributed by atoms with Gasteiger partial charge in [0.15, 0.2) is 0 Å². The van der Waals surface area contributed by atoms with Gasteiger partial charge in [0.25, 0.3) is 0 Å². The summed E-state index contributed by atoms with van der Waals surface area (Å²) in [6.45, 7) is 0. The van der Waals surface area contributed by atoms with Crippen molar-refractivity contribution in [3.05, 3.63) is 206 Å². The number of allylic oxidation sites excluding steroid dienone is 4. The maximum atomic E-state index is 2.51. The predicted octanol–water partition coefficient (Wildman–Crippen LogP) is 18.2. The van der Waals surface area contributed by atoms with E-state index in [-0.39, 0.29) is 0 Å². The van der Waals surface area contributed by atoms with Gasteiger partial charge in [-0.25, -0.2) is 0 Å². The highest BCUT2D eigenvalue weighted by Gasteiger charge is 2.23. The lowest BCUT2D eigenvalue weighted by molar-refractivity contribution is 0.859. The zero-order valence-electron chi connectivity index (χ0n) is 35.0. The third-order valence-electron chi connectivity index (χ3n) is 14.1. The van der Waals surface area contributed by atoms with E-state index in [1.165, 1.54) is 132 Å². The van der Waals surface area contributed by atoms with Gasteiger partial charge in [0.05, 0.1) is 22.1 Å². The molecule has 0 fully saturated rings. The summed E-state index contributed by atoms with van der Waals surface area (Å²) in [7, 11) is 0. The lowest BCUT2D eigenvalue weighted by Crippen LogP contribution is -2.03. The number of thiophene rings is 3. The molecule has 1 aliphatic carbocycles. The highest BCUT2D eigenvalue weighted by molar-refractivity contribution is 7.28. The Kier molecular flexibility index (Phi) is 7.56. The lowest BCUT2D eigenvalue weighted by atomic mass is 9.90. The second-order valence-corrected chi connectivity index (χ2v) is 20.6. The van der Waals surface area contributed by atoms with Crippen LogP contribution in [0, 0.1) is 0 Å². The SMILES string of the molecule is C1=CC(c2cccc3c2sc2ccccc23)CC=C1n1c2ccccc2c2c3sc4c(ccc5c4c4ccccc4n5-c4ccc(-c5cccc6c5sc5ccccc56)cc4)c3ccc21. The predicted molar refractivity (Wildman–Crippen MR) is 285 cm³/mol. The molecule has 0 bridgehead atoms. The van der Waals surface area contributed by atoms with Gasteiger partial charge in [-0.05, 0) is 77.7 Å². The molecule has 15 rings (SSSR count). The summed E-state index contributed by atoms with van der Waals surface area (Å²) in [5.41, 5.74) is 11.4. The van der Waals surface area contributed by atoms with Crippen LogP contribution in [0.5, 0.6) is 0 Å². The Morgan fingerprint density at radius 1 is 0.385 bits per heavy atom. The largest absolute Gasteiger partial charge is 0.310 e. The molecule has 14 aromatic rings. The van der Waals surface area contributed by atoms with Crippen molar-refractivity contribution in [3.8, 4) is 16.8 Å². The van der Waals surface area contributed by atoms with E-state index < -0.39 is 0 Å². The topological polar surface area (TPSA) is 9.86 Å². The monoisotopic (exact) mass is 880 g/mol. The van der Waals surface area contributed by atoms with Crippen LogP contribution < -0.4 is 0 Å². The molecule has 1 unspecified atom stereocenters. The van der Waals surface area contributed by atoms with Crippen molar-refractivity contribution >= 4 is 144 Å². The maximum Gasteiger partial charge on any atom is 0.0555 e. The van der Waals surface area contributed by atoms with Crippen molar-refractivity contribution in [2.24, 2.45) is 0 Å². The Morgan fingerprint density at radius 2 is 0.923 bits per heavy atom. The minimum atomic E-state index is 0.336. The second-order valence-electron chi connectivity index (χ2n) is 17.5. The zero-order chi connectivity index (χ0) is 42.3. The van der Waals surface area contributed by atoms with Crippen LogP contribution in [-0.4, -0.2) is 9.13 Å². The Morgan fingerprint density at radius 3 is 1.58 bits per heavy atom. The molecular weight excluding hydrogens is 845 g/mol. The molecular formula is C60H36N2S3. The molecule has 0 saturated heterocycles. The van der Waals surface area contributed by atoms with Gasteiger partial charge in [0.2, 0.25) is 0 Å². The summed E-state index contributed by atoms with van der Waals surface area (Å²) in [4.78, 5) is 0. The standard InChI is InChI=1S/C60H36N2S3/c1-5-19-49-47(13-1)55-51(61(49)37-27-23-35(24-28-37)39-15-9-17-43-41-11-3-7-21-53(41)63-57(39)43)33-31-45-46-32-34-52-56(60(46)65-59(45)55)48-14-2-6-20-50(48)62(52)38-29-25-36(26-30-38)40-16-10-18-44-42-12-4-8-22-54(42)64-58(40)44/h1-25,27-34,36H,26H2. The fourth-order valence-corrected chi connectivity index (χ4v) is 15.1. The molecule has 0 N–H and O–H groups in total. The van der Waals surface area contributed by atoms with Gasteiger partial charge in [0, 0.05) is 99.4 Å². The molecule has 65 heavy (non-hydrogen) atoms. The number of aromatic nitrogens is 2. The van der Waals surface area contributed by atoms with E-state index in [1.54, 1.807) is 0 Å². The molecule has 0 amide bonds. The quantitative estimate of drug-likeness (QED) is 0.167. The molecule has 5 heteroatoms. The number of hydrogen-bond donors (Lipinski definition) is 0. The smallest absolute Gasteiger partial charge is 0.0555 e. The Hall–Kier alpha value is -7.28. The summed E-state index contributed by atoms with van der Waals surface area (Å²) in [5, 5.41) is 13.3. The molecule has 9 aromatic carbocycles. The van der Waals surface area contributed by atoms with Crippen LogP contribution in [0.15, 0.2) is 200 Å². The van der Waals surface area contributed by atoms with Crippen molar-refractivity contribution in [3.63, 3.8) is 0 Å². The van der Waals surface area contributed by atoms with Gasteiger partial charge in [-0.2, -0.15) is 0 Å². The van der Waals surface area contributed by atoms with E-state index in [1.807, 2.05) is 34.0 Å². The Labute approximate surface area is 385 Å². The first kappa shape index (κ1) is 36.1. The van der Waals surface area contributed by atoms with E-state index in [9.17, 15) is 0 Å². The first-order valence-corrected chi connectivity index (χ1v) is 24.8. The number of fused-ring (bicyclic) bond motifs is 17. The molecule has 0 radical (unpaired) electrons. The van der Waals surface area contributed by atoms with Gasteiger partial charge < -0.3 is 9.13 Å². The van der Waals surface area contributed by atoms with E-state index in [2.05, 4.69) is 209 Å². The number of para-hydroxylation sites is 2. The lowest BCUT2D eigenvalue weighted by Gasteiger charge is -2.19. The minimum Gasteiger partial charge on any atom is -0.310 e.